The molecule has 0 saturated heterocycles. The zero-order valence-corrected chi connectivity index (χ0v) is 12.5. The van der Waals surface area contributed by atoms with E-state index in [1.165, 1.54) is 24.5 Å². The van der Waals surface area contributed by atoms with E-state index in [-0.39, 0.29) is 11.5 Å². The summed E-state index contributed by atoms with van der Waals surface area (Å²) in [5.41, 5.74) is 0.770. The van der Waals surface area contributed by atoms with Gasteiger partial charge in [-0.05, 0) is 51.1 Å². The first-order valence-electron chi connectivity index (χ1n) is 5.44. The van der Waals surface area contributed by atoms with Crippen LogP contribution >= 0.6 is 27.3 Å². The zero-order chi connectivity index (χ0) is 13.8. The fraction of sp³-hybridized carbons (Fsp3) is 0.0714. The maximum atomic E-state index is 11.8. The number of allylic oxidation sites excluding steroid dienone is 1. The predicted molar refractivity (Wildman–Crippen MR) is 80.0 cm³/mol. The summed E-state index contributed by atoms with van der Waals surface area (Å²) in [5, 5.41) is 11.6. The Kier molecular flexibility index (Phi) is 4.39. The quantitative estimate of drug-likeness (QED) is 0.673. The number of carbonyl (C=O) groups excluding carboxylic acids is 1. The van der Waals surface area contributed by atoms with Crippen LogP contribution in [0.4, 0.5) is 0 Å². The molecule has 19 heavy (non-hydrogen) atoms. The molecule has 1 N–H and O–H groups in total. The van der Waals surface area contributed by atoms with E-state index in [1.807, 2.05) is 11.4 Å². The van der Waals surface area contributed by atoms with E-state index < -0.39 is 0 Å². The summed E-state index contributed by atoms with van der Waals surface area (Å²) < 4.78 is 5.57. The lowest BCUT2D eigenvalue weighted by molar-refractivity contribution is 0.105. The van der Waals surface area contributed by atoms with Crippen LogP contribution in [0.3, 0.4) is 0 Å². The average Bonchev–Trinajstić information content (AvgIpc) is 2.93. The van der Waals surface area contributed by atoms with Gasteiger partial charge in [0.15, 0.2) is 17.3 Å². The van der Waals surface area contributed by atoms with Crippen LogP contribution < -0.4 is 4.74 Å². The van der Waals surface area contributed by atoms with Gasteiger partial charge in [-0.15, -0.1) is 11.3 Å². The standard InChI is InChI=1S/C14H11BrO3S/c1-18-12-8-9(7-10(15)14(12)17)4-5-11(16)13-3-2-6-19-13/h2-8,17H,1H3. The lowest BCUT2D eigenvalue weighted by Crippen LogP contribution is -1.89. The summed E-state index contributed by atoms with van der Waals surface area (Å²) in [5.74, 6) is 0.361. The molecule has 0 bridgehead atoms. The van der Waals surface area contributed by atoms with Crippen molar-refractivity contribution >= 4 is 39.1 Å². The van der Waals surface area contributed by atoms with Gasteiger partial charge in [0.2, 0.25) is 0 Å². The number of aromatic hydroxyl groups is 1. The monoisotopic (exact) mass is 338 g/mol. The molecule has 0 saturated carbocycles. The first-order chi connectivity index (χ1) is 9.11. The molecule has 1 aromatic carbocycles. The molecule has 2 rings (SSSR count). The van der Waals surface area contributed by atoms with Crippen LogP contribution in [0.15, 0.2) is 40.2 Å². The number of rotatable bonds is 4. The molecule has 0 amide bonds. The van der Waals surface area contributed by atoms with Crippen LogP contribution in [0.2, 0.25) is 0 Å². The van der Waals surface area contributed by atoms with Crippen LogP contribution in [-0.2, 0) is 0 Å². The van der Waals surface area contributed by atoms with Gasteiger partial charge in [-0.25, -0.2) is 0 Å². The molecule has 2 aromatic rings. The number of hydrogen-bond donors (Lipinski definition) is 1. The Bertz CT molecular complexity index is 618. The highest BCUT2D eigenvalue weighted by Crippen LogP contribution is 2.35. The van der Waals surface area contributed by atoms with E-state index in [2.05, 4.69) is 15.9 Å². The average molecular weight is 339 g/mol. The second kappa shape index (κ2) is 6.04. The SMILES string of the molecule is COc1cc(C=CC(=O)c2cccs2)cc(Br)c1O. The molecule has 0 fully saturated rings. The van der Waals surface area contributed by atoms with Gasteiger partial charge in [0.1, 0.15) is 0 Å². The summed E-state index contributed by atoms with van der Waals surface area (Å²) in [4.78, 5) is 12.5. The van der Waals surface area contributed by atoms with E-state index in [4.69, 9.17) is 4.74 Å². The Morgan fingerprint density at radius 1 is 1.47 bits per heavy atom. The number of hydrogen-bond acceptors (Lipinski definition) is 4. The van der Waals surface area contributed by atoms with Crippen molar-refractivity contribution in [2.45, 2.75) is 0 Å². The summed E-state index contributed by atoms with van der Waals surface area (Å²) in [6.45, 7) is 0. The number of phenols is 1. The molecular formula is C14H11BrO3S. The molecule has 0 aliphatic rings. The fourth-order valence-corrected chi connectivity index (χ4v) is 2.62. The first-order valence-corrected chi connectivity index (χ1v) is 7.11. The minimum atomic E-state index is -0.0434. The normalized spacial score (nSPS) is 10.8. The van der Waals surface area contributed by atoms with Crippen molar-refractivity contribution < 1.29 is 14.6 Å². The summed E-state index contributed by atoms with van der Waals surface area (Å²) in [6.07, 6.45) is 3.19. The van der Waals surface area contributed by atoms with Gasteiger partial charge in [0.05, 0.1) is 16.5 Å². The van der Waals surface area contributed by atoms with E-state index in [9.17, 15) is 9.90 Å². The van der Waals surface area contributed by atoms with Gasteiger partial charge >= 0.3 is 0 Å². The fourth-order valence-electron chi connectivity index (χ4n) is 1.52. The highest BCUT2D eigenvalue weighted by molar-refractivity contribution is 9.10. The van der Waals surface area contributed by atoms with Crippen LogP contribution in [-0.4, -0.2) is 18.0 Å². The second-order valence-electron chi connectivity index (χ2n) is 3.73. The van der Waals surface area contributed by atoms with Crippen molar-refractivity contribution in [3.8, 4) is 11.5 Å². The van der Waals surface area contributed by atoms with Crippen molar-refractivity contribution in [3.63, 3.8) is 0 Å². The largest absolute Gasteiger partial charge is 0.503 e. The van der Waals surface area contributed by atoms with Crippen molar-refractivity contribution in [1.82, 2.24) is 0 Å². The Morgan fingerprint density at radius 3 is 2.89 bits per heavy atom. The summed E-state index contributed by atoms with van der Waals surface area (Å²) in [7, 11) is 1.48. The van der Waals surface area contributed by atoms with Crippen LogP contribution in [0, 0.1) is 0 Å². The van der Waals surface area contributed by atoms with Gasteiger partial charge in [0, 0.05) is 0 Å². The Morgan fingerprint density at radius 2 is 2.26 bits per heavy atom. The lowest BCUT2D eigenvalue weighted by atomic mass is 10.1. The van der Waals surface area contributed by atoms with Gasteiger partial charge in [-0.2, -0.15) is 0 Å². The molecule has 0 spiro atoms. The molecule has 0 unspecified atom stereocenters. The van der Waals surface area contributed by atoms with Gasteiger partial charge in [-0.1, -0.05) is 12.1 Å². The molecular weight excluding hydrogens is 328 g/mol. The van der Waals surface area contributed by atoms with Crippen LogP contribution in [0.5, 0.6) is 11.5 Å². The third-order valence-corrected chi connectivity index (χ3v) is 3.95. The number of methoxy groups -OCH3 is 1. The third-order valence-electron chi connectivity index (χ3n) is 2.46. The van der Waals surface area contributed by atoms with E-state index >= 15 is 0 Å². The topological polar surface area (TPSA) is 46.5 Å². The molecule has 1 aromatic heterocycles. The Balaban J connectivity index is 2.24. The van der Waals surface area contributed by atoms with Gasteiger partial charge in [0.25, 0.3) is 0 Å². The smallest absolute Gasteiger partial charge is 0.195 e. The maximum Gasteiger partial charge on any atom is 0.195 e. The number of ketones is 1. The molecule has 0 aliphatic carbocycles. The molecule has 0 aliphatic heterocycles. The van der Waals surface area contributed by atoms with Crippen LogP contribution in [0.25, 0.3) is 6.08 Å². The van der Waals surface area contributed by atoms with E-state index in [0.717, 1.165) is 5.56 Å². The third kappa shape index (κ3) is 3.24. The maximum absolute atomic E-state index is 11.8. The van der Waals surface area contributed by atoms with Gasteiger partial charge in [-0.3, -0.25) is 4.79 Å². The Hall–Kier alpha value is -1.59. The van der Waals surface area contributed by atoms with E-state index in [1.54, 1.807) is 24.3 Å². The highest BCUT2D eigenvalue weighted by atomic mass is 79.9. The second-order valence-corrected chi connectivity index (χ2v) is 5.53. The summed E-state index contributed by atoms with van der Waals surface area (Å²) in [6, 6.07) is 7.00. The predicted octanol–water partition coefficient (Wildman–Crippen LogP) is 4.12. The number of thiophene rings is 1. The highest BCUT2D eigenvalue weighted by Gasteiger charge is 2.08. The van der Waals surface area contributed by atoms with Crippen molar-refractivity contribution in [3.05, 3.63) is 50.6 Å². The molecule has 1 heterocycles. The lowest BCUT2D eigenvalue weighted by Gasteiger charge is -2.06. The zero-order valence-electron chi connectivity index (χ0n) is 10.1. The number of carbonyl (C=O) groups is 1. The molecule has 5 heteroatoms. The first kappa shape index (κ1) is 13.8. The van der Waals surface area contributed by atoms with Crippen molar-refractivity contribution in [2.75, 3.05) is 7.11 Å². The minimum absolute atomic E-state index is 0.0434. The van der Waals surface area contributed by atoms with Crippen molar-refractivity contribution in [1.29, 1.82) is 0 Å². The van der Waals surface area contributed by atoms with E-state index in [0.29, 0.717) is 15.1 Å². The molecule has 3 nitrogen and oxygen atoms in total. The molecule has 0 atom stereocenters. The number of phenolic OH excluding ortho intramolecular Hbond substituents is 1. The number of ether oxygens (including phenoxy) is 1. The molecule has 98 valence electrons. The number of benzene rings is 1. The van der Waals surface area contributed by atoms with Gasteiger partial charge < -0.3 is 9.84 Å². The summed E-state index contributed by atoms with van der Waals surface area (Å²) >= 11 is 4.64. The minimum Gasteiger partial charge on any atom is -0.503 e. The van der Waals surface area contributed by atoms with Crippen molar-refractivity contribution in [2.24, 2.45) is 0 Å². The van der Waals surface area contributed by atoms with Crippen LogP contribution in [0.1, 0.15) is 15.2 Å². The molecule has 0 radical (unpaired) electrons. The Labute approximate surface area is 123 Å². The number of halogens is 1.